The van der Waals surface area contributed by atoms with E-state index in [-0.39, 0.29) is 17.4 Å². The van der Waals surface area contributed by atoms with Gasteiger partial charge in [0.1, 0.15) is 5.75 Å². The molecule has 0 spiro atoms. The van der Waals surface area contributed by atoms with E-state index >= 15 is 0 Å². The molecule has 148 valence electrons. The average Bonchev–Trinajstić information content (AvgIpc) is 2.66. The van der Waals surface area contributed by atoms with Gasteiger partial charge in [0.2, 0.25) is 5.91 Å². The molecule has 1 fully saturated rings. The van der Waals surface area contributed by atoms with Gasteiger partial charge in [-0.05, 0) is 40.8 Å². The van der Waals surface area contributed by atoms with Crippen LogP contribution in [0, 0.1) is 5.41 Å². The highest BCUT2D eigenvalue weighted by Crippen LogP contribution is 2.29. The van der Waals surface area contributed by atoms with E-state index in [0.717, 1.165) is 30.0 Å². The van der Waals surface area contributed by atoms with Crippen LogP contribution in [0.3, 0.4) is 0 Å². The van der Waals surface area contributed by atoms with Crippen LogP contribution in [0.15, 0.2) is 48.5 Å². The molecule has 0 aromatic heterocycles. The molecule has 0 aliphatic carbocycles. The van der Waals surface area contributed by atoms with Crippen molar-refractivity contribution < 1.29 is 14.3 Å². The second-order valence-electron chi connectivity index (χ2n) is 7.94. The van der Waals surface area contributed by atoms with E-state index in [1.807, 2.05) is 53.4 Å². The summed E-state index contributed by atoms with van der Waals surface area (Å²) in [5, 5.41) is 5.62. The highest BCUT2D eigenvalue weighted by Gasteiger charge is 2.36. The molecule has 6 nitrogen and oxygen atoms in total. The van der Waals surface area contributed by atoms with Crippen molar-refractivity contribution in [3.05, 3.63) is 59.7 Å². The standard InChI is InChI=1S/C22H27N3O3/c1-22(2)14-25(15-22)20(26)12-16-4-8-18(9-5-16)24-21(27)23-13-17-6-10-19(28-3)11-7-17/h4-11H,12-15H2,1-3H3,(H2,23,24,27). The first-order chi connectivity index (χ1) is 13.3. The molecule has 0 atom stereocenters. The first kappa shape index (κ1) is 19.7. The molecule has 28 heavy (non-hydrogen) atoms. The number of rotatable bonds is 6. The number of amides is 3. The van der Waals surface area contributed by atoms with Crippen molar-refractivity contribution in [2.24, 2.45) is 5.41 Å². The summed E-state index contributed by atoms with van der Waals surface area (Å²) >= 11 is 0. The van der Waals surface area contributed by atoms with Gasteiger partial charge in [-0.25, -0.2) is 4.79 Å². The van der Waals surface area contributed by atoms with Crippen LogP contribution in [0.2, 0.25) is 0 Å². The van der Waals surface area contributed by atoms with Crippen LogP contribution < -0.4 is 15.4 Å². The lowest BCUT2D eigenvalue weighted by Gasteiger charge is -2.45. The molecule has 2 aromatic carbocycles. The normalized spacial score (nSPS) is 14.8. The number of hydrogen-bond acceptors (Lipinski definition) is 3. The van der Waals surface area contributed by atoms with Crippen molar-refractivity contribution in [3.8, 4) is 5.75 Å². The van der Waals surface area contributed by atoms with Crippen LogP contribution in [0.5, 0.6) is 5.75 Å². The third-order valence-corrected chi connectivity index (χ3v) is 4.77. The molecule has 2 aromatic rings. The summed E-state index contributed by atoms with van der Waals surface area (Å²) in [6, 6.07) is 14.6. The third kappa shape index (κ3) is 5.25. The number of nitrogens with one attached hydrogen (secondary N) is 2. The smallest absolute Gasteiger partial charge is 0.319 e. The minimum Gasteiger partial charge on any atom is -0.497 e. The van der Waals surface area contributed by atoms with Crippen LogP contribution in [0.25, 0.3) is 0 Å². The molecule has 3 amide bonds. The minimum atomic E-state index is -0.276. The molecule has 0 saturated carbocycles. The van der Waals surface area contributed by atoms with Gasteiger partial charge in [-0.15, -0.1) is 0 Å². The molecule has 2 N–H and O–H groups in total. The Balaban J connectivity index is 1.44. The van der Waals surface area contributed by atoms with Crippen LogP contribution in [0.1, 0.15) is 25.0 Å². The number of nitrogens with zero attached hydrogens (tertiary/aromatic N) is 1. The van der Waals surface area contributed by atoms with Gasteiger partial charge in [0.05, 0.1) is 13.5 Å². The number of carbonyl (C=O) groups is 2. The second kappa shape index (κ2) is 8.33. The Labute approximate surface area is 165 Å². The molecular weight excluding hydrogens is 354 g/mol. The van der Waals surface area contributed by atoms with E-state index in [1.165, 1.54) is 0 Å². The molecule has 0 unspecified atom stereocenters. The summed E-state index contributed by atoms with van der Waals surface area (Å²) in [5.74, 6) is 0.932. The second-order valence-corrected chi connectivity index (χ2v) is 7.94. The van der Waals surface area contributed by atoms with Gasteiger partial charge in [0.15, 0.2) is 0 Å². The number of anilines is 1. The number of urea groups is 1. The predicted octanol–water partition coefficient (Wildman–Crippen LogP) is 3.43. The molecule has 1 aliphatic heterocycles. The molecular formula is C22H27N3O3. The highest BCUT2D eigenvalue weighted by atomic mass is 16.5. The Kier molecular flexibility index (Phi) is 5.87. The fraction of sp³-hybridized carbons (Fsp3) is 0.364. The summed E-state index contributed by atoms with van der Waals surface area (Å²) in [6.45, 7) is 6.39. The van der Waals surface area contributed by atoms with Crippen LogP contribution in [-0.2, 0) is 17.8 Å². The SMILES string of the molecule is COc1ccc(CNC(=O)Nc2ccc(CC(=O)N3CC(C)(C)C3)cc2)cc1. The van der Waals surface area contributed by atoms with E-state index in [0.29, 0.717) is 18.7 Å². The number of likely N-dealkylation sites (tertiary alicyclic amines) is 1. The highest BCUT2D eigenvalue weighted by molar-refractivity contribution is 5.89. The lowest BCUT2D eigenvalue weighted by atomic mass is 9.84. The number of benzene rings is 2. The Morgan fingerprint density at radius 3 is 2.18 bits per heavy atom. The van der Waals surface area contributed by atoms with Crippen molar-refractivity contribution in [1.29, 1.82) is 0 Å². The van der Waals surface area contributed by atoms with Crippen molar-refractivity contribution in [1.82, 2.24) is 10.2 Å². The molecule has 1 aliphatic rings. The first-order valence-corrected chi connectivity index (χ1v) is 9.39. The summed E-state index contributed by atoms with van der Waals surface area (Å²) in [7, 11) is 1.62. The lowest BCUT2D eigenvalue weighted by molar-refractivity contribution is -0.140. The quantitative estimate of drug-likeness (QED) is 0.805. The van der Waals surface area contributed by atoms with Gasteiger partial charge in [0.25, 0.3) is 0 Å². The van der Waals surface area contributed by atoms with E-state index in [1.54, 1.807) is 7.11 Å². The van der Waals surface area contributed by atoms with Crippen LogP contribution in [0.4, 0.5) is 10.5 Å². The lowest BCUT2D eigenvalue weighted by Crippen LogP contribution is -2.55. The number of carbonyl (C=O) groups excluding carboxylic acids is 2. The van der Waals surface area contributed by atoms with Gasteiger partial charge in [0, 0.05) is 25.3 Å². The van der Waals surface area contributed by atoms with Gasteiger partial charge in [-0.1, -0.05) is 38.1 Å². The minimum absolute atomic E-state index is 0.150. The van der Waals surface area contributed by atoms with Gasteiger partial charge in [-0.2, -0.15) is 0 Å². The fourth-order valence-electron chi connectivity index (χ4n) is 3.26. The number of methoxy groups -OCH3 is 1. The monoisotopic (exact) mass is 381 g/mol. The average molecular weight is 381 g/mol. The Morgan fingerprint density at radius 2 is 1.61 bits per heavy atom. The summed E-state index contributed by atoms with van der Waals surface area (Å²) < 4.78 is 5.12. The topological polar surface area (TPSA) is 70.7 Å². The molecule has 3 rings (SSSR count). The van der Waals surface area contributed by atoms with Crippen LogP contribution >= 0.6 is 0 Å². The van der Waals surface area contributed by atoms with Crippen molar-refractivity contribution >= 4 is 17.6 Å². The Morgan fingerprint density at radius 1 is 1.00 bits per heavy atom. The first-order valence-electron chi connectivity index (χ1n) is 9.39. The summed E-state index contributed by atoms with van der Waals surface area (Å²) in [6.07, 6.45) is 0.389. The van der Waals surface area contributed by atoms with Gasteiger partial charge < -0.3 is 20.3 Å². The van der Waals surface area contributed by atoms with E-state index in [9.17, 15) is 9.59 Å². The van der Waals surface area contributed by atoms with Crippen molar-refractivity contribution in [2.45, 2.75) is 26.8 Å². The van der Waals surface area contributed by atoms with E-state index in [4.69, 9.17) is 4.74 Å². The van der Waals surface area contributed by atoms with Crippen LogP contribution in [-0.4, -0.2) is 37.0 Å². The molecule has 1 heterocycles. The van der Waals surface area contributed by atoms with Crippen molar-refractivity contribution in [2.75, 3.05) is 25.5 Å². The van der Waals surface area contributed by atoms with E-state index in [2.05, 4.69) is 24.5 Å². The number of ether oxygens (including phenoxy) is 1. The Bertz CT molecular complexity index is 821. The zero-order valence-corrected chi connectivity index (χ0v) is 16.6. The zero-order chi connectivity index (χ0) is 20.1. The zero-order valence-electron chi connectivity index (χ0n) is 16.6. The van der Waals surface area contributed by atoms with Gasteiger partial charge >= 0.3 is 6.03 Å². The maximum Gasteiger partial charge on any atom is 0.319 e. The Hall–Kier alpha value is -3.02. The van der Waals surface area contributed by atoms with E-state index < -0.39 is 0 Å². The molecule has 1 saturated heterocycles. The summed E-state index contributed by atoms with van der Waals surface area (Å²) in [4.78, 5) is 26.2. The fourth-order valence-corrected chi connectivity index (χ4v) is 3.26. The number of hydrogen-bond donors (Lipinski definition) is 2. The van der Waals surface area contributed by atoms with Crippen molar-refractivity contribution in [3.63, 3.8) is 0 Å². The predicted molar refractivity (Wildman–Crippen MR) is 109 cm³/mol. The molecule has 0 radical (unpaired) electrons. The molecule has 6 heteroatoms. The largest absolute Gasteiger partial charge is 0.497 e. The summed E-state index contributed by atoms with van der Waals surface area (Å²) in [5.41, 5.74) is 2.86. The molecule has 0 bridgehead atoms. The maximum atomic E-state index is 12.2. The third-order valence-electron chi connectivity index (χ3n) is 4.77. The maximum absolute atomic E-state index is 12.2. The van der Waals surface area contributed by atoms with Gasteiger partial charge in [-0.3, -0.25) is 4.79 Å².